The Bertz CT molecular complexity index is 3240. The molecule has 65 heavy (non-hydrogen) atoms. The van der Waals surface area contributed by atoms with Crippen LogP contribution < -0.4 is 0 Å². The van der Waals surface area contributed by atoms with Gasteiger partial charge in [0.05, 0.1) is 22.2 Å². The Labute approximate surface area is 370 Å². The molecule has 0 aliphatic carbocycles. The van der Waals surface area contributed by atoms with E-state index in [1.807, 2.05) is 122 Å². The van der Waals surface area contributed by atoms with Crippen LogP contribution >= 0.6 is 0 Å². The molecule has 0 spiro atoms. The van der Waals surface area contributed by atoms with E-state index in [0.717, 1.165) is 67.3 Å². The van der Waals surface area contributed by atoms with Crippen molar-refractivity contribution < 1.29 is 26.3 Å². The molecule has 0 saturated carbocycles. The topological polar surface area (TPSA) is 43.6 Å². The lowest BCUT2D eigenvalue weighted by Gasteiger charge is -2.18. The summed E-state index contributed by atoms with van der Waals surface area (Å²) >= 11 is 0. The van der Waals surface area contributed by atoms with Gasteiger partial charge in [0.2, 0.25) is 0 Å². The van der Waals surface area contributed by atoms with Gasteiger partial charge >= 0.3 is 12.4 Å². The summed E-state index contributed by atoms with van der Waals surface area (Å²) in [5, 5.41) is 1.82. The van der Waals surface area contributed by atoms with E-state index >= 15 is 0 Å². The van der Waals surface area contributed by atoms with Gasteiger partial charge in [0, 0.05) is 33.2 Å². The molecular formula is C55H36F6N4. The summed E-state index contributed by atoms with van der Waals surface area (Å²) in [5.74, 6) is 0.620. The van der Waals surface area contributed by atoms with Crippen LogP contribution in [0.3, 0.4) is 0 Å². The lowest BCUT2D eigenvalue weighted by molar-refractivity contribution is -0.143. The van der Waals surface area contributed by atoms with Gasteiger partial charge < -0.3 is 4.57 Å². The Balaban J connectivity index is 1.29. The van der Waals surface area contributed by atoms with Gasteiger partial charge in [-0.1, -0.05) is 145 Å². The molecule has 0 aliphatic rings. The van der Waals surface area contributed by atoms with E-state index in [4.69, 9.17) is 15.0 Å². The second-order valence-corrected chi connectivity index (χ2v) is 16.1. The summed E-state index contributed by atoms with van der Waals surface area (Å²) < 4.78 is 89.7. The lowest BCUT2D eigenvalue weighted by Crippen LogP contribution is -2.11. The van der Waals surface area contributed by atoms with Crippen LogP contribution in [0.5, 0.6) is 0 Å². The van der Waals surface area contributed by atoms with Crippen molar-refractivity contribution in [2.45, 2.75) is 26.2 Å². The molecular weight excluding hydrogens is 831 g/mol. The minimum absolute atomic E-state index is 0.0583. The van der Waals surface area contributed by atoms with E-state index in [1.54, 1.807) is 12.1 Å². The second-order valence-electron chi connectivity index (χ2n) is 16.1. The van der Waals surface area contributed by atoms with E-state index < -0.39 is 23.5 Å². The molecule has 2 heterocycles. The van der Waals surface area contributed by atoms with Crippen LogP contribution in [0.25, 0.3) is 95.0 Å². The van der Waals surface area contributed by atoms with E-state index in [-0.39, 0.29) is 40.2 Å². The van der Waals surface area contributed by atoms with E-state index in [9.17, 15) is 26.3 Å². The molecule has 0 bridgehead atoms. The van der Waals surface area contributed by atoms with Gasteiger partial charge in [0.25, 0.3) is 0 Å². The first kappa shape index (κ1) is 41.2. The van der Waals surface area contributed by atoms with Gasteiger partial charge in [0.1, 0.15) is 0 Å². The molecule has 10 rings (SSSR count). The molecule has 0 atom stereocenters. The minimum atomic E-state index is -5.09. The second kappa shape index (κ2) is 16.1. The molecule has 8 aromatic carbocycles. The Morgan fingerprint density at radius 2 is 0.800 bits per heavy atom. The first-order chi connectivity index (χ1) is 31.3. The third-order valence-corrected chi connectivity index (χ3v) is 11.6. The van der Waals surface area contributed by atoms with Gasteiger partial charge in [-0.05, 0) is 95.8 Å². The molecule has 0 aliphatic heterocycles. The van der Waals surface area contributed by atoms with Crippen LogP contribution in [0.1, 0.15) is 22.3 Å². The SMILES string of the molecule is Cc1cccc(-c2ccc3c4ccc(-c5cccc(C)c5)cc4n(-c4ccc(-c5nc(-c6ccccc6)nc(-c6ccccc6)n5)c(-c5cc(C(F)(F)F)cc(C(F)(F)F)c5)c4)c3c2)c1. The van der Waals surface area contributed by atoms with Crippen LogP contribution in [0.2, 0.25) is 0 Å². The van der Waals surface area contributed by atoms with E-state index in [1.165, 1.54) is 0 Å². The number of fused-ring (bicyclic) bond motifs is 3. The smallest absolute Gasteiger partial charge is 0.309 e. The van der Waals surface area contributed by atoms with Crippen molar-refractivity contribution in [1.29, 1.82) is 0 Å². The van der Waals surface area contributed by atoms with Crippen molar-refractivity contribution in [3.05, 3.63) is 204 Å². The highest BCUT2D eigenvalue weighted by atomic mass is 19.4. The highest BCUT2D eigenvalue weighted by molar-refractivity contribution is 6.11. The molecule has 318 valence electrons. The predicted molar refractivity (Wildman–Crippen MR) is 246 cm³/mol. The van der Waals surface area contributed by atoms with Gasteiger partial charge in [-0.25, -0.2) is 15.0 Å². The summed E-state index contributed by atoms with van der Waals surface area (Å²) in [6.07, 6.45) is -10.2. The highest BCUT2D eigenvalue weighted by Crippen LogP contribution is 2.44. The average molecular weight is 867 g/mol. The highest BCUT2D eigenvalue weighted by Gasteiger charge is 2.37. The van der Waals surface area contributed by atoms with Crippen molar-refractivity contribution in [3.63, 3.8) is 0 Å². The third kappa shape index (κ3) is 8.03. The van der Waals surface area contributed by atoms with E-state index in [0.29, 0.717) is 16.8 Å². The molecule has 2 aromatic heterocycles. The van der Waals surface area contributed by atoms with Gasteiger partial charge in [0.15, 0.2) is 17.5 Å². The van der Waals surface area contributed by atoms with Crippen LogP contribution in [-0.2, 0) is 12.4 Å². The number of hydrogen-bond donors (Lipinski definition) is 0. The van der Waals surface area contributed by atoms with E-state index in [2.05, 4.69) is 48.5 Å². The van der Waals surface area contributed by atoms with Crippen LogP contribution in [-0.4, -0.2) is 19.5 Å². The van der Waals surface area contributed by atoms with Crippen LogP contribution in [0.4, 0.5) is 26.3 Å². The molecule has 0 amide bonds. The van der Waals surface area contributed by atoms with Gasteiger partial charge in [-0.15, -0.1) is 0 Å². The third-order valence-electron chi connectivity index (χ3n) is 11.6. The lowest BCUT2D eigenvalue weighted by atomic mass is 9.94. The molecule has 0 saturated heterocycles. The maximum absolute atomic E-state index is 14.6. The van der Waals surface area contributed by atoms with Crippen LogP contribution in [0.15, 0.2) is 182 Å². The van der Waals surface area contributed by atoms with Crippen LogP contribution in [0, 0.1) is 13.8 Å². The molecule has 0 N–H and O–H groups in total. The Morgan fingerprint density at radius 3 is 1.26 bits per heavy atom. The quantitative estimate of drug-likeness (QED) is 0.150. The number of aromatic nitrogens is 4. The fourth-order valence-corrected chi connectivity index (χ4v) is 8.45. The minimum Gasteiger partial charge on any atom is -0.309 e. The molecule has 10 aromatic rings. The zero-order valence-electron chi connectivity index (χ0n) is 34.9. The fraction of sp³-hybridized carbons (Fsp3) is 0.0727. The summed E-state index contributed by atoms with van der Waals surface area (Å²) in [5.41, 5.74) is 6.44. The number of nitrogens with zero attached hydrogens (tertiary/aromatic N) is 4. The Morgan fingerprint density at radius 1 is 0.354 bits per heavy atom. The first-order valence-corrected chi connectivity index (χ1v) is 20.8. The van der Waals surface area contributed by atoms with Gasteiger partial charge in [-0.2, -0.15) is 26.3 Å². The molecule has 0 unspecified atom stereocenters. The number of rotatable bonds is 7. The number of benzene rings is 8. The maximum atomic E-state index is 14.6. The zero-order valence-corrected chi connectivity index (χ0v) is 34.9. The van der Waals surface area contributed by atoms with Gasteiger partial charge in [-0.3, -0.25) is 0 Å². The predicted octanol–water partition coefficient (Wildman–Crippen LogP) is 15.6. The average Bonchev–Trinajstić information content (AvgIpc) is 3.64. The summed E-state index contributed by atoms with van der Waals surface area (Å²) in [4.78, 5) is 14.5. The Hall–Kier alpha value is -7.85. The zero-order chi connectivity index (χ0) is 45.0. The number of alkyl halides is 6. The largest absolute Gasteiger partial charge is 0.416 e. The monoisotopic (exact) mass is 866 g/mol. The number of halogens is 6. The normalized spacial score (nSPS) is 12.0. The summed E-state index contributed by atoms with van der Waals surface area (Å²) in [6, 6.07) is 53.6. The molecule has 10 heteroatoms. The molecule has 0 fully saturated rings. The molecule has 4 nitrogen and oxygen atoms in total. The van der Waals surface area contributed by atoms with Crippen molar-refractivity contribution in [2.75, 3.05) is 0 Å². The first-order valence-electron chi connectivity index (χ1n) is 20.8. The maximum Gasteiger partial charge on any atom is 0.416 e. The molecule has 0 radical (unpaired) electrons. The Kier molecular flexibility index (Phi) is 10.2. The van der Waals surface area contributed by atoms with Crippen molar-refractivity contribution in [1.82, 2.24) is 19.5 Å². The summed E-state index contributed by atoms with van der Waals surface area (Å²) in [6.45, 7) is 4.04. The number of aryl methyl sites for hydroxylation is 2. The van der Waals surface area contributed by atoms with Crippen molar-refractivity contribution in [2.24, 2.45) is 0 Å². The standard InChI is InChI=1S/C55H36F6N4/c1-33-11-9-17-37(25-33)39-19-22-45-46-23-20-40(38-18-10-12-34(2)26-38)30-50(46)65(49(45)29-39)44-21-24-47(48(32-44)41-27-42(54(56,57)58)31-43(28-41)55(59,60)61)53-63-51(35-13-5-3-6-14-35)62-52(64-53)36-15-7-4-8-16-36/h3-32H,1-2H3. The fourth-order valence-electron chi connectivity index (χ4n) is 8.45. The number of hydrogen-bond acceptors (Lipinski definition) is 3. The summed E-state index contributed by atoms with van der Waals surface area (Å²) in [7, 11) is 0. The van der Waals surface area contributed by atoms with Crippen molar-refractivity contribution in [3.8, 4) is 73.2 Å². The van der Waals surface area contributed by atoms with Crippen molar-refractivity contribution >= 4 is 21.8 Å².